The van der Waals surface area contributed by atoms with Crippen LogP contribution in [-0.4, -0.2) is 19.4 Å². The molecule has 1 aromatic carbocycles. The van der Waals surface area contributed by atoms with Gasteiger partial charge in [0.25, 0.3) is 0 Å². The zero-order chi connectivity index (χ0) is 13.0. The van der Waals surface area contributed by atoms with Crippen LogP contribution in [0.5, 0.6) is 5.75 Å². The summed E-state index contributed by atoms with van der Waals surface area (Å²) in [6, 6.07) is 7.75. The first-order chi connectivity index (χ1) is 8.69. The molecule has 0 unspecified atom stereocenters. The Kier molecular flexibility index (Phi) is 4.03. The molecule has 0 spiro atoms. The third-order valence-electron chi connectivity index (χ3n) is 3.32. The maximum Gasteiger partial charge on any atom is 0.160 e. The van der Waals surface area contributed by atoms with Crippen molar-refractivity contribution in [1.29, 1.82) is 0 Å². The monoisotopic (exact) mass is 245 g/mol. The standard InChI is InChI=1S/C15H19NO2/c1-11-3-4-12(15(17)9-11)10-16-13-5-7-14(18-2)8-6-13/h5-9,12,16H,3-4,10H2,1-2H3/t12-/m0/s1. The van der Waals surface area contributed by atoms with Crippen molar-refractivity contribution in [1.82, 2.24) is 0 Å². The molecule has 0 amide bonds. The molecule has 18 heavy (non-hydrogen) atoms. The number of ether oxygens (including phenoxy) is 1. The minimum Gasteiger partial charge on any atom is -0.497 e. The van der Waals surface area contributed by atoms with Gasteiger partial charge in [0.2, 0.25) is 0 Å². The molecular formula is C15H19NO2. The molecule has 0 bridgehead atoms. The number of carbonyl (C=O) groups excluding carboxylic acids is 1. The van der Waals surface area contributed by atoms with Crippen LogP contribution in [-0.2, 0) is 4.79 Å². The highest BCUT2D eigenvalue weighted by molar-refractivity contribution is 5.93. The van der Waals surface area contributed by atoms with Gasteiger partial charge in [-0.1, -0.05) is 5.57 Å². The van der Waals surface area contributed by atoms with Crippen LogP contribution in [0.3, 0.4) is 0 Å². The van der Waals surface area contributed by atoms with Crippen molar-refractivity contribution in [2.24, 2.45) is 5.92 Å². The molecule has 1 N–H and O–H groups in total. The van der Waals surface area contributed by atoms with E-state index < -0.39 is 0 Å². The molecule has 0 saturated heterocycles. The number of rotatable bonds is 4. The third-order valence-corrected chi connectivity index (χ3v) is 3.32. The molecule has 0 aromatic heterocycles. The van der Waals surface area contributed by atoms with E-state index in [0.717, 1.165) is 24.3 Å². The van der Waals surface area contributed by atoms with Crippen LogP contribution in [0.4, 0.5) is 5.69 Å². The molecule has 0 saturated carbocycles. The Morgan fingerprint density at radius 1 is 1.33 bits per heavy atom. The summed E-state index contributed by atoms with van der Waals surface area (Å²) in [4.78, 5) is 11.8. The van der Waals surface area contributed by atoms with Gasteiger partial charge < -0.3 is 10.1 Å². The fraction of sp³-hybridized carbons (Fsp3) is 0.400. The second kappa shape index (κ2) is 5.71. The van der Waals surface area contributed by atoms with Gasteiger partial charge in [-0.3, -0.25) is 4.79 Å². The number of carbonyl (C=O) groups is 1. The Balaban J connectivity index is 1.89. The van der Waals surface area contributed by atoms with E-state index in [1.165, 1.54) is 5.57 Å². The Hall–Kier alpha value is -1.77. The van der Waals surface area contributed by atoms with Crippen LogP contribution in [0.1, 0.15) is 19.8 Å². The minimum absolute atomic E-state index is 0.107. The van der Waals surface area contributed by atoms with E-state index in [-0.39, 0.29) is 11.7 Å². The van der Waals surface area contributed by atoms with E-state index in [1.54, 1.807) is 13.2 Å². The lowest BCUT2D eigenvalue weighted by atomic mass is 9.89. The molecule has 3 nitrogen and oxygen atoms in total. The van der Waals surface area contributed by atoms with Gasteiger partial charge in [0, 0.05) is 18.2 Å². The van der Waals surface area contributed by atoms with Gasteiger partial charge in [-0.15, -0.1) is 0 Å². The van der Waals surface area contributed by atoms with Gasteiger partial charge in [-0.2, -0.15) is 0 Å². The average Bonchev–Trinajstić information content (AvgIpc) is 2.38. The molecule has 3 heteroatoms. The lowest BCUT2D eigenvalue weighted by Crippen LogP contribution is -2.24. The summed E-state index contributed by atoms with van der Waals surface area (Å²) >= 11 is 0. The van der Waals surface area contributed by atoms with Gasteiger partial charge in [0.1, 0.15) is 5.75 Å². The van der Waals surface area contributed by atoms with Crippen LogP contribution in [0.25, 0.3) is 0 Å². The van der Waals surface area contributed by atoms with E-state index in [4.69, 9.17) is 4.74 Å². The Morgan fingerprint density at radius 3 is 2.67 bits per heavy atom. The molecule has 1 aliphatic carbocycles. The Labute approximate surface area is 108 Å². The normalized spacial score (nSPS) is 19.3. The maximum atomic E-state index is 11.8. The largest absolute Gasteiger partial charge is 0.497 e. The van der Waals surface area contributed by atoms with Crippen molar-refractivity contribution in [2.45, 2.75) is 19.8 Å². The van der Waals surface area contributed by atoms with Gasteiger partial charge in [-0.05, 0) is 50.1 Å². The summed E-state index contributed by atoms with van der Waals surface area (Å²) < 4.78 is 5.10. The lowest BCUT2D eigenvalue weighted by Gasteiger charge is -2.20. The van der Waals surface area contributed by atoms with Crippen molar-refractivity contribution in [3.8, 4) is 5.75 Å². The SMILES string of the molecule is COc1ccc(NC[C@@H]2CCC(C)=CC2=O)cc1. The summed E-state index contributed by atoms with van der Waals surface area (Å²) in [5.74, 6) is 1.20. The van der Waals surface area contributed by atoms with E-state index >= 15 is 0 Å². The number of ketones is 1. The van der Waals surface area contributed by atoms with E-state index in [0.29, 0.717) is 6.54 Å². The van der Waals surface area contributed by atoms with Gasteiger partial charge in [0.15, 0.2) is 5.78 Å². The molecule has 0 radical (unpaired) electrons. The molecule has 0 aliphatic heterocycles. The van der Waals surface area contributed by atoms with Crippen LogP contribution in [0.2, 0.25) is 0 Å². The lowest BCUT2D eigenvalue weighted by molar-refractivity contribution is -0.118. The molecule has 2 rings (SSSR count). The van der Waals surface area contributed by atoms with Crippen LogP contribution >= 0.6 is 0 Å². The van der Waals surface area contributed by atoms with E-state index in [1.807, 2.05) is 31.2 Å². The maximum absolute atomic E-state index is 11.8. The summed E-state index contributed by atoms with van der Waals surface area (Å²) in [5, 5.41) is 3.31. The first-order valence-electron chi connectivity index (χ1n) is 6.28. The van der Waals surface area contributed by atoms with E-state index in [9.17, 15) is 4.79 Å². The highest BCUT2D eigenvalue weighted by Gasteiger charge is 2.20. The minimum atomic E-state index is 0.107. The van der Waals surface area contributed by atoms with Gasteiger partial charge in [-0.25, -0.2) is 0 Å². The van der Waals surface area contributed by atoms with Crippen molar-refractivity contribution in [3.63, 3.8) is 0 Å². The number of hydrogen-bond acceptors (Lipinski definition) is 3. The highest BCUT2D eigenvalue weighted by atomic mass is 16.5. The molecule has 1 aliphatic rings. The van der Waals surface area contributed by atoms with Gasteiger partial charge in [0.05, 0.1) is 7.11 Å². The molecule has 0 fully saturated rings. The smallest absolute Gasteiger partial charge is 0.160 e. The Morgan fingerprint density at radius 2 is 2.06 bits per heavy atom. The van der Waals surface area contributed by atoms with Crippen molar-refractivity contribution < 1.29 is 9.53 Å². The molecule has 96 valence electrons. The van der Waals surface area contributed by atoms with Crippen molar-refractivity contribution in [2.75, 3.05) is 19.0 Å². The number of anilines is 1. The summed E-state index contributed by atoms with van der Waals surface area (Å²) in [7, 11) is 1.65. The zero-order valence-corrected chi connectivity index (χ0v) is 10.9. The van der Waals surface area contributed by atoms with Gasteiger partial charge >= 0.3 is 0 Å². The Bertz CT molecular complexity index is 448. The molecule has 1 atom stereocenters. The second-order valence-electron chi connectivity index (χ2n) is 4.74. The fourth-order valence-corrected chi connectivity index (χ4v) is 2.13. The van der Waals surface area contributed by atoms with Crippen molar-refractivity contribution >= 4 is 11.5 Å². The van der Waals surface area contributed by atoms with Crippen LogP contribution in [0.15, 0.2) is 35.9 Å². The summed E-state index contributed by atoms with van der Waals surface area (Å²) in [6.45, 7) is 2.72. The van der Waals surface area contributed by atoms with Crippen LogP contribution < -0.4 is 10.1 Å². The second-order valence-corrected chi connectivity index (χ2v) is 4.74. The quantitative estimate of drug-likeness (QED) is 0.886. The third kappa shape index (κ3) is 3.13. The highest BCUT2D eigenvalue weighted by Crippen LogP contribution is 2.21. The molecule has 1 aromatic rings. The van der Waals surface area contributed by atoms with E-state index in [2.05, 4.69) is 5.32 Å². The predicted octanol–water partition coefficient (Wildman–Crippen LogP) is 3.03. The summed E-state index contributed by atoms with van der Waals surface area (Å²) in [6.07, 6.45) is 3.76. The number of benzene rings is 1. The number of allylic oxidation sites excluding steroid dienone is 2. The average molecular weight is 245 g/mol. The number of methoxy groups -OCH3 is 1. The number of hydrogen-bond donors (Lipinski definition) is 1. The molecular weight excluding hydrogens is 226 g/mol. The van der Waals surface area contributed by atoms with Crippen molar-refractivity contribution in [3.05, 3.63) is 35.9 Å². The zero-order valence-electron chi connectivity index (χ0n) is 10.9. The fourth-order valence-electron chi connectivity index (χ4n) is 2.13. The first-order valence-corrected chi connectivity index (χ1v) is 6.28. The van der Waals surface area contributed by atoms with Crippen LogP contribution in [0, 0.1) is 5.92 Å². The summed E-state index contributed by atoms with van der Waals surface area (Å²) in [5.41, 5.74) is 2.22. The topological polar surface area (TPSA) is 38.3 Å². The number of nitrogens with one attached hydrogen (secondary N) is 1. The molecule has 0 heterocycles. The predicted molar refractivity (Wildman–Crippen MR) is 73.0 cm³/mol. The first kappa shape index (κ1) is 12.7.